The molecule has 0 spiro atoms. The van der Waals surface area contributed by atoms with Gasteiger partial charge in [0.05, 0.1) is 6.54 Å². The minimum atomic E-state index is -4.12. The Morgan fingerprint density at radius 2 is 1.69 bits per heavy atom. The smallest absolute Gasteiger partial charge is 0.311 e. The first-order chi connectivity index (χ1) is 7.05. The third-order valence-corrected chi connectivity index (χ3v) is 2.39. The van der Waals surface area contributed by atoms with Crippen molar-refractivity contribution in [2.24, 2.45) is 0 Å². The van der Waals surface area contributed by atoms with Crippen molar-refractivity contribution in [2.75, 3.05) is 20.1 Å². The summed E-state index contributed by atoms with van der Waals surface area (Å²) < 4.78 is 36.6. The van der Waals surface area contributed by atoms with E-state index in [0.29, 0.717) is 13.0 Å². The normalized spacial score (nSPS) is 15.6. The van der Waals surface area contributed by atoms with Crippen LogP contribution in [0.2, 0.25) is 0 Å². The van der Waals surface area contributed by atoms with E-state index in [1.54, 1.807) is 0 Å². The van der Waals surface area contributed by atoms with Gasteiger partial charge in [-0.15, -0.1) is 0 Å². The molecule has 1 unspecified atom stereocenters. The van der Waals surface area contributed by atoms with Gasteiger partial charge in [-0.25, -0.2) is 0 Å². The highest BCUT2D eigenvalue weighted by Gasteiger charge is 2.31. The predicted octanol–water partition coefficient (Wildman–Crippen LogP) is 2.65. The van der Waals surface area contributed by atoms with E-state index < -0.39 is 12.7 Å². The van der Waals surface area contributed by atoms with Crippen molar-refractivity contribution in [3.8, 4) is 0 Å². The lowest BCUT2D eigenvalue weighted by atomic mass is 10.1. The standard InChI is InChI=1S/C11H23F3N2/c1-6-9(7-15-10(2,3)4)16(5)8-11(12,13)14/h9,15H,6-8H2,1-5H3. The highest BCUT2D eigenvalue weighted by molar-refractivity contribution is 4.77. The molecule has 1 N–H and O–H groups in total. The fourth-order valence-corrected chi connectivity index (χ4v) is 1.45. The molecule has 5 heteroatoms. The van der Waals surface area contributed by atoms with Crippen LogP contribution in [0.4, 0.5) is 13.2 Å². The van der Waals surface area contributed by atoms with Crippen molar-refractivity contribution in [2.45, 2.75) is 51.9 Å². The molecule has 0 saturated heterocycles. The van der Waals surface area contributed by atoms with Crippen LogP contribution in [0.3, 0.4) is 0 Å². The lowest BCUT2D eigenvalue weighted by molar-refractivity contribution is -0.147. The van der Waals surface area contributed by atoms with Gasteiger partial charge in [0.1, 0.15) is 0 Å². The molecular formula is C11H23F3N2. The van der Waals surface area contributed by atoms with E-state index in [-0.39, 0.29) is 11.6 Å². The largest absolute Gasteiger partial charge is 0.401 e. The topological polar surface area (TPSA) is 15.3 Å². The fourth-order valence-electron chi connectivity index (χ4n) is 1.45. The molecule has 2 nitrogen and oxygen atoms in total. The number of nitrogens with zero attached hydrogens (tertiary/aromatic N) is 1. The molecule has 0 radical (unpaired) electrons. The summed E-state index contributed by atoms with van der Waals surface area (Å²) in [6.45, 7) is 7.64. The van der Waals surface area contributed by atoms with Crippen LogP contribution in [-0.2, 0) is 0 Å². The van der Waals surface area contributed by atoms with Gasteiger partial charge in [0, 0.05) is 18.1 Å². The second-order valence-electron chi connectivity index (χ2n) is 5.22. The van der Waals surface area contributed by atoms with Crippen molar-refractivity contribution in [3.05, 3.63) is 0 Å². The number of likely N-dealkylation sites (N-methyl/N-ethyl adjacent to an activating group) is 1. The number of halogens is 3. The summed E-state index contributed by atoms with van der Waals surface area (Å²) in [5.41, 5.74) is -0.0630. The van der Waals surface area contributed by atoms with E-state index in [2.05, 4.69) is 5.32 Å². The molecule has 0 heterocycles. The van der Waals surface area contributed by atoms with Gasteiger partial charge in [-0.2, -0.15) is 13.2 Å². The van der Waals surface area contributed by atoms with Gasteiger partial charge < -0.3 is 5.32 Å². The summed E-state index contributed by atoms with van der Waals surface area (Å²) in [6.07, 6.45) is -3.42. The summed E-state index contributed by atoms with van der Waals surface area (Å²) in [5.74, 6) is 0. The molecule has 0 amide bonds. The number of alkyl halides is 3. The number of nitrogens with one attached hydrogen (secondary N) is 1. The highest BCUT2D eigenvalue weighted by Crippen LogP contribution is 2.17. The average molecular weight is 240 g/mol. The lowest BCUT2D eigenvalue weighted by Crippen LogP contribution is -2.48. The minimum Gasteiger partial charge on any atom is -0.311 e. The minimum absolute atomic E-state index is 0.0630. The molecule has 0 aromatic heterocycles. The van der Waals surface area contributed by atoms with Crippen molar-refractivity contribution in [1.82, 2.24) is 10.2 Å². The van der Waals surface area contributed by atoms with E-state index in [1.165, 1.54) is 11.9 Å². The second-order valence-corrected chi connectivity index (χ2v) is 5.22. The first-order valence-corrected chi connectivity index (χ1v) is 5.57. The highest BCUT2D eigenvalue weighted by atomic mass is 19.4. The van der Waals surface area contributed by atoms with Crippen molar-refractivity contribution in [1.29, 1.82) is 0 Å². The molecule has 98 valence electrons. The van der Waals surface area contributed by atoms with Crippen LogP contribution in [-0.4, -0.2) is 42.8 Å². The predicted molar refractivity (Wildman–Crippen MR) is 60.5 cm³/mol. The zero-order valence-corrected chi connectivity index (χ0v) is 10.8. The van der Waals surface area contributed by atoms with E-state index in [1.807, 2.05) is 27.7 Å². The maximum Gasteiger partial charge on any atom is 0.401 e. The fraction of sp³-hybridized carbons (Fsp3) is 1.00. The van der Waals surface area contributed by atoms with E-state index in [4.69, 9.17) is 0 Å². The summed E-state index contributed by atoms with van der Waals surface area (Å²) in [7, 11) is 1.52. The summed E-state index contributed by atoms with van der Waals surface area (Å²) >= 11 is 0. The Balaban J connectivity index is 4.17. The second kappa shape index (κ2) is 5.87. The van der Waals surface area contributed by atoms with Crippen LogP contribution in [0.1, 0.15) is 34.1 Å². The SMILES string of the molecule is CCC(CNC(C)(C)C)N(C)CC(F)(F)F. The quantitative estimate of drug-likeness (QED) is 0.794. The molecule has 0 aliphatic carbocycles. The maximum atomic E-state index is 12.2. The monoisotopic (exact) mass is 240 g/mol. The van der Waals surface area contributed by atoms with E-state index >= 15 is 0 Å². The molecule has 0 aliphatic heterocycles. The Hall–Kier alpha value is -0.290. The molecule has 0 fully saturated rings. The Morgan fingerprint density at radius 1 is 1.19 bits per heavy atom. The van der Waals surface area contributed by atoms with Gasteiger partial charge in [0.25, 0.3) is 0 Å². The third kappa shape index (κ3) is 7.93. The first kappa shape index (κ1) is 15.7. The summed E-state index contributed by atoms with van der Waals surface area (Å²) in [4.78, 5) is 1.36. The molecule has 1 atom stereocenters. The molecule has 0 rings (SSSR count). The Kier molecular flexibility index (Phi) is 5.76. The number of rotatable bonds is 5. The van der Waals surface area contributed by atoms with Gasteiger partial charge >= 0.3 is 6.18 Å². The van der Waals surface area contributed by atoms with Crippen molar-refractivity contribution in [3.63, 3.8) is 0 Å². The van der Waals surface area contributed by atoms with Gasteiger partial charge in [-0.3, -0.25) is 4.90 Å². The number of hydrogen-bond acceptors (Lipinski definition) is 2. The van der Waals surface area contributed by atoms with Crippen LogP contribution in [0.5, 0.6) is 0 Å². The lowest BCUT2D eigenvalue weighted by Gasteiger charge is -2.31. The van der Waals surface area contributed by atoms with Gasteiger partial charge in [-0.1, -0.05) is 6.92 Å². The molecule has 16 heavy (non-hydrogen) atoms. The molecule has 0 bridgehead atoms. The summed E-state index contributed by atoms with van der Waals surface area (Å²) in [5, 5.41) is 3.23. The first-order valence-electron chi connectivity index (χ1n) is 5.57. The van der Waals surface area contributed by atoms with Crippen LogP contribution < -0.4 is 5.32 Å². The van der Waals surface area contributed by atoms with E-state index in [0.717, 1.165) is 0 Å². The summed E-state index contributed by atoms with van der Waals surface area (Å²) in [6, 6.07) is -0.0825. The van der Waals surface area contributed by atoms with Crippen LogP contribution in [0.15, 0.2) is 0 Å². The zero-order chi connectivity index (χ0) is 13.0. The van der Waals surface area contributed by atoms with Crippen LogP contribution in [0, 0.1) is 0 Å². The molecule has 0 aromatic carbocycles. The van der Waals surface area contributed by atoms with Crippen LogP contribution in [0.25, 0.3) is 0 Å². The molecule has 0 aliphatic rings. The van der Waals surface area contributed by atoms with Gasteiger partial charge in [-0.05, 0) is 34.2 Å². The Morgan fingerprint density at radius 3 is 2.00 bits per heavy atom. The average Bonchev–Trinajstić information content (AvgIpc) is 1.99. The molecule has 0 saturated carbocycles. The van der Waals surface area contributed by atoms with E-state index in [9.17, 15) is 13.2 Å². The maximum absolute atomic E-state index is 12.2. The van der Waals surface area contributed by atoms with Crippen molar-refractivity contribution >= 4 is 0 Å². The van der Waals surface area contributed by atoms with Gasteiger partial charge in [0.2, 0.25) is 0 Å². The molecular weight excluding hydrogens is 217 g/mol. The van der Waals surface area contributed by atoms with Gasteiger partial charge in [0.15, 0.2) is 0 Å². The zero-order valence-electron chi connectivity index (χ0n) is 10.8. The Labute approximate surface area is 96.2 Å². The van der Waals surface area contributed by atoms with Crippen LogP contribution >= 0.6 is 0 Å². The van der Waals surface area contributed by atoms with Crippen molar-refractivity contribution < 1.29 is 13.2 Å². The number of hydrogen-bond donors (Lipinski definition) is 1. The molecule has 0 aromatic rings. The third-order valence-electron chi connectivity index (χ3n) is 2.39. The Bertz CT molecular complexity index is 196.